The van der Waals surface area contributed by atoms with Crippen LogP contribution in [0.3, 0.4) is 0 Å². The van der Waals surface area contributed by atoms with Gasteiger partial charge in [-0.25, -0.2) is 4.98 Å². The fourth-order valence-corrected chi connectivity index (χ4v) is 7.77. The van der Waals surface area contributed by atoms with Gasteiger partial charge in [-0.1, -0.05) is 84.9 Å². The van der Waals surface area contributed by atoms with Crippen molar-refractivity contribution in [3.63, 3.8) is 0 Å². The predicted octanol–water partition coefficient (Wildman–Crippen LogP) is 11.2. The Hall–Kier alpha value is -6.13. The Morgan fingerprint density at radius 2 is 1.26 bits per heavy atom. The van der Waals surface area contributed by atoms with Crippen molar-refractivity contribution >= 4 is 65.6 Å². The average molecular weight is 589 g/mol. The summed E-state index contributed by atoms with van der Waals surface area (Å²) in [6.07, 6.45) is 0.876. The second-order valence-corrected chi connectivity index (χ2v) is 12.3. The SMILES string of the molecule is c1ccc2cc3c(cc2c1)Cc1ccc(-c2nc4ccccc4o2)c(-n2c4ccccc4c4cc5c(cc42)oc2ccccc25)c1-3. The molecule has 0 aliphatic heterocycles. The van der Waals surface area contributed by atoms with E-state index < -0.39 is 0 Å². The third kappa shape index (κ3) is 3.20. The Bertz CT molecular complexity index is 2870. The molecule has 214 valence electrons. The average Bonchev–Trinajstić information content (AvgIpc) is 3.86. The van der Waals surface area contributed by atoms with Gasteiger partial charge < -0.3 is 13.4 Å². The molecule has 3 aromatic heterocycles. The molecular weight excluding hydrogens is 564 g/mol. The first-order valence-electron chi connectivity index (χ1n) is 15.7. The van der Waals surface area contributed by atoms with Crippen molar-refractivity contribution in [1.29, 1.82) is 0 Å². The molecule has 1 aliphatic carbocycles. The molecule has 4 heteroatoms. The molecule has 0 saturated carbocycles. The van der Waals surface area contributed by atoms with Crippen LogP contribution in [0.5, 0.6) is 0 Å². The highest BCUT2D eigenvalue weighted by molar-refractivity contribution is 6.18. The van der Waals surface area contributed by atoms with E-state index in [1.165, 1.54) is 43.8 Å². The summed E-state index contributed by atoms with van der Waals surface area (Å²) in [5.41, 5.74) is 12.8. The Morgan fingerprint density at radius 3 is 2.15 bits per heavy atom. The van der Waals surface area contributed by atoms with E-state index in [4.69, 9.17) is 13.8 Å². The fourth-order valence-electron chi connectivity index (χ4n) is 7.77. The van der Waals surface area contributed by atoms with Crippen LogP contribution in [0.25, 0.3) is 93.9 Å². The molecule has 0 N–H and O–H groups in total. The van der Waals surface area contributed by atoms with Crippen molar-refractivity contribution < 1.29 is 8.83 Å². The number of furan rings is 1. The number of fused-ring (bicyclic) bond motifs is 11. The van der Waals surface area contributed by atoms with Gasteiger partial charge in [-0.3, -0.25) is 0 Å². The third-order valence-corrected chi connectivity index (χ3v) is 9.80. The summed E-state index contributed by atoms with van der Waals surface area (Å²) in [5.74, 6) is 0.615. The smallest absolute Gasteiger partial charge is 0.229 e. The molecule has 0 spiro atoms. The predicted molar refractivity (Wildman–Crippen MR) is 187 cm³/mol. The Kier molecular flexibility index (Phi) is 4.60. The quantitative estimate of drug-likeness (QED) is 0.202. The highest BCUT2D eigenvalue weighted by Crippen LogP contribution is 2.49. The second kappa shape index (κ2) is 8.74. The zero-order valence-corrected chi connectivity index (χ0v) is 24.6. The summed E-state index contributed by atoms with van der Waals surface area (Å²) in [6.45, 7) is 0. The van der Waals surface area contributed by atoms with Crippen molar-refractivity contribution in [3.05, 3.63) is 145 Å². The van der Waals surface area contributed by atoms with E-state index in [2.05, 4.69) is 102 Å². The van der Waals surface area contributed by atoms with Gasteiger partial charge in [-0.05, 0) is 76.3 Å². The van der Waals surface area contributed by atoms with E-state index in [-0.39, 0.29) is 0 Å². The molecule has 0 unspecified atom stereocenters. The molecule has 0 atom stereocenters. The largest absolute Gasteiger partial charge is 0.456 e. The number of rotatable bonds is 2. The van der Waals surface area contributed by atoms with Crippen LogP contribution in [0, 0.1) is 0 Å². The maximum absolute atomic E-state index is 6.50. The zero-order valence-electron chi connectivity index (χ0n) is 24.6. The zero-order chi connectivity index (χ0) is 29.9. The van der Waals surface area contributed by atoms with Crippen LogP contribution >= 0.6 is 0 Å². The van der Waals surface area contributed by atoms with Crippen molar-refractivity contribution in [2.75, 3.05) is 0 Å². The maximum Gasteiger partial charge on any atom is 0.229 e. The van der Waals surface area contributed by atoms with Gasteiger partial charge in [0.1, 0.15) is 16.7 Å². The van der Waals surface area contributed by atoms with Crippen molar-refractivity contribution in [1.82, 2.24) is 9.55 Å². The lowest BCUT2D eigenvalue weighted by atomic mass is 9.97. The van der Waals surface area contributed by atoms with Crippen LogP contribution in [0.15, 0.2) is 142 Å². The first-order valence-corrected chi connectivity index (χ1v) is 15.7. The van der Waals surface area contributed by atoms with Gasteiger partial charge in [-0.15, -0.1) is 0 Å². The van der Waals surface area contributed by atoms with Gasteiger partial charge >= 0.3 is 0 Å². The minimum atomic E-state index is 0.615. The van der Waals surface area contributed by atoms with E-state index in [0.717, 1.165) is 61.7 Å². The van der Waals surface area contributed by atoms with Crippen molar-refractivity contribution in [2.24, 2.45) is 0 Å². The summed E-state index contributed by atoms with van der Waals surface area (Å²) in [5, 5.41) is 7.14. The first-order chi connectivity index (χ1) is 22.8. The molecule has 46 heavy (non-hydrogen) atoms. The summed E-state index contributed by atoms with van der Waals surface area (Å²) in [7, 11) is 0. The van der Waals surface area contributed by atoms with Gasteiger partial charge in [-0.2, -0.15) is 0 Å². The van der Waals surface area contributed by atoms with Crippen LogP contribution in [0.4, 0.5) is 0 Å². The lowest BCUT2D eigenvalue weighted by Gasteiger charge is -2.18. The molecule has 0 saturated heterocycles. The third-order valence-electron chi connectivity index (χ3n) is 9.80. The van der Waals surface area contributed by atoms with Crippen LogP contribution in [-0.4, -0.2) is 9.55 Å². The number of oxazole rings is 1. The van der Waals surface area contributed by atoms with Gasteiger partial charge in [0, 0.05) is 33.2 Å². The van der Waals surface area contributed by atoms with Gasteiger partial charge in [0.25, 0.3) is 0 Å². The van der Waals surface area contributed by atoms with Crippen LogP contribution in [0.2, 0.25) is 0 Å². The normalized spacial score (nSPS) is 12.7. The molecule has 4 nitrogen and oxygen atoms in total. The van der Waals surface area contributed by atoms with Gasteiger partial charge in [0.05, 0.1) is 22.3 Å². The summed E-state index contributed by atoms with van der Waals surface area (Å²) < 4.78 is 15.4. The fraction of sp³-hybridized carbons (Fsp3) is 0.0238. The maximum atomic E-state index is 6.50. The number of benzene rings is 7. The molecule has 3 heterocycles. The Balaban J connectivity index is 1.32. The van der Waals surface area contributed by atoms with Crippen molar-refractivity contribution in [3.8, 4) is 28.3 Å². The number of nitrogens with zero attached hydrogens (tertiary/aromatic N) is 2. The molecule has 11 rings (SSSR count). The van der Waals surface area contributed by atoms with Crippen molar-refractivity contribution in [2.45, 2.75) is 6.42 Å². The molecule has 0 radical (unpaired) electrons. The summed E-state index contributed by atoms with van der Waals surface area (Å²) in [6, 6.07) is 47.3. The van der Waals surface area contributed by atoms with Gasteiger partial charge in [0.2, 0.25) is 5.89 Å². The molecule has 0 amide bonds. The molecule has 0 fully saturated rings. The lowest BCUT2D eigenvalue weighted by Crippen LogP contribution is -2.01. The molecule has 7 aromatic carbocycles. The second-order valence-electron chi connectivity index (χ2n) is 12.3. The molecule has 0 bridgehead atoms. The number of para-hydroxylation sites is 4. The summed E-state index contributed by atoms with van der Waals surface area (Å²) >= 11 is 0. The van der Waals surface area contributed by atoms with E-state index in [1.54, 1.807) is 0 Å². The molecule has 10 aromatic rings. The van der Waals surface area contributed by atoms with E-state index in [1.807, 2.05) is 36.4 Å². The number of aromatic nitrogens is 2. The molecular formula is C42H24N2O2. The minimum absolute atomic E-state index is 0.615. The summed E-state index contributed by atoms with van der Waals surface area (Å²) in [4.78, 5) is 5.03. The Morgan fingerprint density at radius 1 is 0.500 bits per heavy atom. The number of hydrogen-bond acceptors (Lipinski definition) is 3. The van der Waals surface area contributed by atoms with E-state index >= 15 is 0 Å². The van der Waals surface area contributed by atoms with E-state index in [9.17, 15) is 0 Å². The topological polar surface area (TPSA) is 44.1 Å². The minimum Gasteiger partial charge on any atom is -0.456 e. The molecule has 1 aliphatic rings. The van der Waals surface area contributed by atoms with Gasteiger partial charge in [0.15, 0.2) is 5.58 Å². The lowest BCUT2D eigenvalue weighted by molar-refractivity contribution is 0.619. The van der Waals surface area contributed by atoms with Crippen LogP contribution < -0.4 is 0 Å². The standard InChI is InChI=1S/C42H24N2O2/c1-2-10-25-21-31-27(19-24(25)9-1)20-26-17-18-30(42-43-34-13-5-8-16-38(34)46-42)41(40(26)31)44-35-14-6-3-11-28(35)32-22-33-29-12-4-7-15-37(29)45-39(33)23-36(32)44/h1-19,21-23H,20H2. The number of hydrogen-bond donors (Lipinski definition) is 0. The van der Waals surface area contributed by atoms with E-state index in [0.29, 0.717) is 5.89 Å². The first kappa shape index (κ1) is 24.2. The van der Waals surface area contributed by atoms with Crippen LogP contribution in [0.1, 0.15) is 11.1 Å². The highest BCUT2D eigenvalue weighted by atomic mass is 16.3. The monoisotopic (exact) mass is 588 g/mol. The highest BCUT2D eigenvalue weighted by Gasteiger charge is 2.29. The van der Waals surface area contributed by atoms with Crippen LogP contribution in [-0.2, 0) is 6.42 Å². The Labute approximate surface area is 262 Å².